The second kappa shape index (κ2) is 4.73. The monoisotopic (exact) mass is 204 g/mol. The molecule has 4 N–H and O–H groups in total. The van der Waals surface area contributed by atoms with E-state index in [0.717, 1.165) is 19.1 Å². The fraction of sp³-hybridized carbons (Fsp3) is 0.500. The van der Waals surface area contributed by atoms with E-state index in [4.69, 9.17) is 15.3 Å². The highest BCUT2D eigenvalue weighted by Crippen LogP contribution is 2.12. The Morgan fingerprint density at radius 3 is 2.29 bits per heavy atom. The highest BCUT2D eigenvalue weighted by molar-refractivity contribution is 5.74. The number of aliphatic hydroxyl groups excluding tert-OH is 1. The Bertz CT molecular complexity index is 255. The lowest BCUT2D eigenvalue weighted by Crippen LogP contribution is -2.42. The molecule has 2 atom stereocenters. The molecule has 14 heavy (non-hydrogen) atoms. The van der Waals surface area contributed by atoms with Crippen molar-refractivity contribution in [3.8, 4) is 0 Å². The summed E-state index contributed by atoms with van der Waals surface area (Å²) in [4.78, 5) is 20.4. The minimum atomic E-state index is -1.98. The van der Waals surface area contributed by atoms with E-state index in [0.29, 0.717) is 0 Å². The van der Waals surface area contributed by atoms with E-state index in [1.807, 2.05) is 0 Å². The van der Waals surface area contributed by atoms with Crippen molar-refractivity contribution in [1.82, 2.24) is 0 Å². The van der Waals surface area contributed by atoms with Gasteiger partial charge in [-0.15, -0.1) is 0 Å². The molecular weight excluding hydrogens is 192 g/mol. The van der Waals surface area contributed by atoms with Gasteiger partial charge in [0.1, 0.15) is 5.60 Å². The van der Waals surface area contributed by atoms with Gasteiger partial charge in [-0.05, 0) is 6.92 Å². The molecule has 0 radical (unpaired) electrons. The molecule has 0 fully saturated rings. The molecule has 0 aliphatic heterocycles. The van der Waals surface area contributed by atoms with E-state index in [9.17, 15) is 14.7 Å². The number of hydrogen-bond acceptors (Lipinski definition) is 4. The second-order valence-corrected chi connectivity index (χ2v) is 2.97. The van der Waals surface area contributed by atoms with Gasteiger partial charge in [0.15, 0.2) is 6.10 Å². The molecule has 0 aliphatic carbocycles. The SMILES string of the molecule is CC(O)(C=CCC(=O)O)C(O)C(=O)O. The van der Waals surface area contributed by atoms with Crippen LogP contribution >= 0.6 is 0 Å². The molecule has 0 saturated heterocycles. The number of aliphatic carboxylic acids is 2. The molecular formula is C8H12O6. The first-order valence-electron chi connectivity index (χ1n) is 3.80. The number of aliphatic hydroxyl groups is 2. The summed E-state index contributed by atoms with van der Waals surface area (Å²) >= 11 is 0. The third-order valence-corrected chi connectivity index (χ3v) is 1.54. The van der Waals surface area contributed by atoms with E-state index in [-0.39, 0.29) is 6.42 Å². The van der Waals surface area contributed by atoms with Gasteiger partial charge in [0.2, 0.25) is 0 Å². The molecule has 80 valence electrons. The lowest BCUT2D eigenvalue weighted by molar-refractivity contribution is -0.156. The van der Waals surface area contributed by atoms with Gasteiger partial charge in [0.25, 0.3) is 0 Å². The molecule has 0 amide bonds. The quantitative estimate of drug-likeness (QED) is 0.436. The van der Waals surface area contributed by atoms with Crippen LogP contribution in [0.15, 0.2) is 12.2 Å². The normalized spacial score (nSPS) is 17.6. The first-order chi connectivity index (χ1) is 6.27. The van der Waals surface area contributed by atoms with Crippen molar-refractivity contribution in [2.45, 2.75) is 25.0 Å². The molecule has 0 aliphatic rings. The van der Waals surface area contributed by atoms with E-state index < -0.39 is 23.6 Å². The Labute approximate surface area is 80.1 Å². The Hall–Kier alpha value is -1.40. The van der Waals surface area contributed by atoms with Gasteiger partial charge >= 0.3 is 11.9 Å². The zero-order valence-electron chi connectivity index (χ0n) is 7.54. The van der Waals surface area contributed by atoms with Crippen LogP contribution in [0.1, 0.15) is 13.3 Å². The summed E-state index contributed by atoms with van der Waals surface area (Å²) in [6.45, 7) is 1.07. The lowest BCUT2D eigenvalue weighted by atomic mass is 9.98. The van der Waals surface area contributed by atoms with Gasteiger partial charge in [-0.1, -0.05) is 12.2 Å². The molecule has 0 aromatic heterocycles. The molecule has 6 heteroatoms. The first-order valence-corrected chi connectivity index (χ1v) is 3.80. The van der Waals surface area contributed by atoms with Crippen molar-refractivity contribution in [3.05, 3.63) is 12.2 Å². The predicted molar refractivity (Wildman–Crippen MR) is 45.7 cm³/mol. The molecule has 0 aromatic carbocycles. The molecule has 0 aromatic rings. The zero-order valence-corrected chi connectivity index (χ0v) is 7.54. The highest BCUT2D eigenvalue weighted by Gasteiger charge is 2.33. The summed E-state index contributed by atoms with van der Waals surface area (Å²) in [6, 6.07) is 0. The molecule has 0 spiro atoms. The Morgan fingerprint density at radius 1 is 1.43 bits per heavy atom. The average molecular weight is 204 g/mol. The van der Waals surface area contributed by atoms with Crippen molar-refractivity contribution in [1.29, 1.82) is 0 Å². The molecule has 6 nitrogen and oxygen atoms in total. The summed E-state index contributed by atoms with van der Waals surface area (Å²) in [7, 11) is 0. The zero-order chi connectivity index (χ0) is 11.4. The molecule has 0 saturated carbocycles. The van der Waals surface area contributed by atoms with E-state index in [1.54, 1.807) is 0 Å². The van der Waals surface area contributed by atoms with Gasteiger partial charge in [-0.25, -0.2) is 4.79 Å². The minimum absolute atomic E-state index is 0.345. The summed E-state index contributed by atoms with van der Waals surface area (Å²) in [5.74, 6) is -2.68. The van der Waals surface area contributed by atoms with Crippen LogP contribution in [0.2, 0.25) is 0 Å². The maximum atomic E-state index is 10.3. The van der Waals surface area contributed by atoms with E-state index in [1.165, 1.54) is 0 Å². The second-order valence-electron chi connectivity index (χ2n) is 2.97. The number of carboxylic acids is 2. The molecule has 0 rings (SSSR count). The van der Waals surface area contributed by atoms with Crippen LogP contribution in [0.3, 0.4) is 0 Å². The van der Waals surface area contributed by atoms with Crippen LogP contribution in [0.25, 0.3) is 0 Å². The van der Waals surface area contributed by atoms with Crippen LogP contribution in [0.4, 0.5) is 0 Å². The van der Waals surface area contributed by atoms with Crippen molar-refractivity contribution in [2.75, 3.05) is 0 Å². The predicted octanol–water partition coefficient (Wildman–Crippen LogP) is -0.786. The van der Waals surface area contributed by atoms with Crippen LogP contribution in [0.5, 0.6) is 0 Å². The van der Waals surface area contributed by atoms with E-state index in [2.05, 4.69) is 0 Å². The maximum Gasteiger partial charge on any atom is 0.335 e. The number of carbonyl (C=O) groups is 2. The van der Waals surface area contributed by atoms with Crippen LogP contribution in [-0.4, -0.2) is 44.1 Å². The van der Waals surface area contributed by atoms with Gasteiger partial charge in [-0.3, -0.25) is 4.79 Å². The lowest BCUT2D eigenvalue weighted by Gasteiger charge is -2.21. The topological polar surface area (TPSA) is 115 Å². The van der Waals surface area contributed by atoms with Crippen LogP contribution < -0.4 is 0 Å². The first kappa shape index (κ1) is 12.6. The number of rotatable bonds is 5. The minimum Gasteiger partial charge on any atom is -0.481 e. The van der Waals surface area contributed by atoms with Gasteiger partial charge in [0.05, 0.1) is 6.42 Å². The average Bonchev–Trinajstić information content (AvgIpc) is 2.01. The molecule has 2 unspecified atom stereocenters. The van der Waals surface area contributed by atoms with Crippen LogP contribution in [-0.2, 0) is 9.59 Å². The highest BCUT2D eigenvalue weighted by atomic mass is 16.4. The third kappa shape index (κ3) is 4.01. The fourth-order valence-electron chi connectivity index (χ4n) is 0.739. The smallest absolute Gasteiger partial charge is 0.335 e. The van der Waals surface area contributed by atoms with Gasteiger partial charge in [-0.2, -0.15) is 0 Å². The third-order valence-electron chi connectivity index (χ3n) is 1.54. The number of hydrogen-bond donors (Lipinski definition) is 4. The molecule has 0 heterocycles. The van der Waals surface area contributed by atoms with Gasteiger partial charge in [0, 0.05) is 0 Å². The fourth-order valence-corrected chi connectivity index (χ4v) is 0.739. The van der Waals surface area contributed by atoms with Crippen molar-refractivity contribution < 1.29 is 30.0 Å². The summed E-state index contributed by atoms with van der Waals surface area (Å²) in [6.07, 6.45) is -0.302. The van der Waals surface area contributed by atoms with Crippen molar-refractivity contribution in [2.24, 2.45) is 0 Å². The molecule has 0 bridgehead atoms. The number of carboxylic acid groups (broad SMARTS) is 2. The largest absolute Gasteiger partial charge is 0.481 e. The Morgan fingerprint density at radius 2 is 1.93 bits per heavy atom. The van der Waals surface area contributed by atoms with E-state index >= 15 is 0 Å². The summed E-state index contributed by atoms with van der Waals surface area (Å²) in [5.41, 5.74) is -1.97. The Kier molecular flexibility index (Phi) is 4.26. The summed E-state index contributed by atoms with van der Waals surface area (Å²) < 4.78 is 0. The van der Waals surface area contributed by atoms with Crippen LogP contribution in [0, 0.1) is 0 Å². The standard InChI is InChI=1S/C8H12O6/c1-8(14,6(11)7(12)13)4-2-3-5(9)10/h2,4,6,11,14H,3H2,1H3,(H,9,10)(H,12,13). The Balaban J connectivity index is 4.39. The van der Waals surface area contributed by atoms with Gasteiger partial charge < -0.3 is 20.4 Å². The van der Waals surface area contributed by atoms with Crippen molar-refractivity contribution in [3.63, 3.8) is 0 Å². The van der Waals surface area contributed by atoms with Crippen molar-refractivity contribution >= 4 is 11.9 Å². The maximum absolute atomic E-state index is 10.3. The summed E-state index contributed by atoms with van der Waals surface area (Å²) in [5, 5.41) is 34.9.